The Morgan fingerprint density at radius 3 is 2.58 bits per heavy atom. The highest BCUT2D eigenvalue weighted by molar-refractivity contribution is 5.83. The lowest BCUT2D eigenvalue weighted by atomic mass is 9.87. The molecule has 0 saturated carbocycles. The van der Waals surface area contributed by atoms with Gasteiger partial charge in [0, 0.05) is 49.3 Å². The summed E-state index contributed by atoms with van der Waals surface area (Å²) >= 11 is 0. The summed E-state index contributed by atoms with van der Waals surface area (Å²) in [5.41, 5.74) is 4.40. The summed E-state index contributed by atoms with van der Waals surface area (Å²) in [4.78, 5) is 28.9. The summed E-state index contributed by atoms with van der Waals surface area (Å²) in [5.74, 6) is 0.594. The first kappa shape index (κ1) is 23.7. The van der Waals surface area contributed by atoms with Crippen molar-refractivity contribution in [2.75, 3.05) is 19.7 Å². The first-order valence-electron chi connectivity index (χ1n) is 13.8. The number of amides is 1. The Labute approximate surface area is 213 Å². The zero-order valence-corrected chi connectivity index (χ0v) is 20.9. The molecule has 190 valence electrons. The number of pyridine rings is 1. The summed E-state index contributed by atoms with van der Waals surface area (Å²) in [7, 11) is 0. The Kier molecular flexibility index (Phi) is 6.57. The van der Waals surface area contributed by atoms with Crippen LogP contribution in [0.25, 0.3) is 5.57 Å². The molecule has 36 heavy (non-hydrogen) atoms. The molecule has 1 aromatic carbocycles. The fourth-order valence-electron chi connectivity index (χ4n) is 7.07. The Morgan fingerprint density at radius 1 is 1.06 bits per heavy atom. The standard InChI is InChI=1S/C30H37N3O3/c34-19-25-24-18-33-26(12-11-23(29(33)35)22-9-5-2-6-10-22)27(24)31-28(25)30(36)32-15-13-21(14-16-32)17-20-7-3-1-4-8-20/h1,3-4,7-9,11-12,21,24-25,27-28,31,34H,2,5-6,10,13-19H2/t24-,25-,27+,28-/m1/s1. The van der Waals surface area contributed by atoms with Gasteiger partial charge < -0.3 is 14.6 Å². The molecule has 0 unspecified atom stereocenters. The van der Waals surface area contributed by atoms with Crippen molar-refractivity contribution in [3.63, 3.8) is 0 Å². The van der Waals surface area contributed by atoms with E-state index < -0.39 is 0 Å². The van der Waals surface area contributed by atoms with Crippen LogP contribution in [0.3, 0.4) is 0 Å². The maximum Gasteiger partial charge on any atom is 0.258 e. The number of aromatic nitrogens is 1. The molecule has 0 spiro atoms. The second-order valence-corrected chi connectivity index (χ2v) is 11.2. The van der Waals surface area contributed by atoms with E-state index in [0.29, 0.717) is 12.5 Å². The topological polar surface area (TPSA) is 74.6 Å². The van der Waals surface area contributed by atoms with Crippen molar-refractivity contribution in [1.29, 1.82) is 0 Å². The van der Waals surface area contributed by atoms with E-state index in [-0.39, 0.29) is 42.0 Å². The molecule has 1 aromatic heterocycles. The van der Waals surface area contributed by atoms with E-state index in [4.69, 9.17) is 0 Å². The summed E-state index contributed by atoms with van der Waals surface area (Å²) in [6.07, 6.45) is 9.66. The summed E-state index contributed by atoms with van der Waals surface area (Å²) in [5, 5.41) is 13.9. The van der Waals surface area contributed by atoms with E-state index in [0.717, 1.165) is 62.9 Å². The molecule has 6 heteroatoms. The van der Waals surface area contributed by atoms with Gasteiger partial charge in [0.25, 0.3) is 5.56 Å². The first-order valence-corrected chi connectivity index (χ1v) is 13.8. The van der Waals surface area contributed by atoms with E-state index in [1.54, 1.807) is 0 Å². The average Bonchev–Trinajstić information content (AvgIpc) is 3.47. The number of rotatable bonds is 5. The number of benzene rings is 1. The zero-order chi connectivity index (χ0) is 24.6. The van der Waals surface area contributed by atoms with Crippen LogP contribution in [0.4, 0.5) is 0 Å². The molecule has 2 N–H and O–H groups in total. The second kappa shape index (κ2) is 9.98. The summed E-state index contributed by atoms with van der Waals surface area (Å²) in [6, 6.07) is 14.2. The Balaban J connectivity index is 1.14. The minimum absolute atomic E-state index is 0.0458. The van der Waals surface area contributed by atoms with Crippen molar-refractivity contribution in [3.8, 4) is 0 Å². The number of carbonyl (C=O) groups is 1. The van der Waals surface area contributed by atoms with Crippen molar-refractivity contribution >= 4 is 11.5 Å². The molecule has 0 radical (unpaired) electrons. The third-order valence-corrected chi connectivity index (χ3v) is 9.09. The van der Waals surface area contributed by atoms with Crippen molar-refractivity contribution in [2.45, 2.75) is 63.6 Å². The highest BCUT2D eigenvalue weighted by Crippen LogP contribution is 2.43. The number of hydrogen-bond donors (Lipinski definition) is 2. The number of fused-ring (bicyclic) bond motifs is 3. The largest absolute Gasteiger partial charge is 0.396 e. The maximum absolute atomic E-state index is 13.6. The third kappa shape index (κ3) is 4.24. The van der Waals surface area contributed by atoms with Crippen LogP contribution in [-0.2, 0) is 17.8 Å². The first-order chi connectivity index (χ1) is 17.6. The van der Waals surface area contributed by atoms with E-state index in [2.05, 4.69) is 41.7 Å². The molecule has 2 saturated heterocycles. The molecule has 2 aromatic rings. The lowest BCUT2D eigenvalue weighted by Crippen LogP contribution is -2.50. The maximum atomic E-state index is 13.6. The van der Waals surface area contributed by atoms with Crippen LogP contribution in [0.15, 0.2) is 53.3 Å². The monoisotopic (exact) mass is 487 g/mol. The number of piperidine rings is 1. The molecule has 3 aliphatic heterocycles. The van der Waals surface area contributed by atoms with Crippen molar-refractivity contribution < 1.29 is 9.90 Å². The molecule has 4 atom stereocenters. The highest BCUT2D eigenvalue weighted by atomic mass is 16.3. The number of nitrogens with one attached hydrogen (secondary N) is 1. The van der Waals surface area contributed by atoms with E-state index in [9.17, 15) is 14.7 Å². The number of hydrogen-bond acceptors (Lipinski definition) is 4. The normalized spacial score (nSPS) is 28.0. The van der Waals surface area contributed by atoms with Gasteiger partial charge in [-0.05, 0) is 74.1 Å². The van der Waals surface area contributed by atoms with Gasteiger partial charge in [-0.15, -0.1) is 0 Å². The van der Waals surface area contributed by atoms with Crippen LogP contribution < -0.4 is 10.9 Å². The van der Waals surface area contributed by atoms with Crippen molar-refractivity contribution in [3.05, 3.63) is 75.7 Å². The number of nitrogens with zero attached hydrogens (tertiary/aromatic N) is 2. The number of aliphatic hydroxyl groups excluding tert-OH is 1. The molecule has 4 aliphatic rings. The molecule has 1 amide bonds. The molecule has 4 heterocycles. The Morgan fingerprint density at radius 2 is 1.86 bits per heavy atom. The van der Waals surface area contributed by atoms with Gasteiger partial charge in [-0.3, -0.25) is 14.9 Å². The molecule has 1 aliphatic carbocycles. The molecular weight excluding hydrogens is 450 g/mol. The van der Waals surface area contributed by atoms with Gasteiger partial charge in [0.05, 0.1) is 12.1 Å². The molecule has 6 nitrogen and oxygen atoms in total. The van der Waals surface area contributed by atoms with Gasteiger partial charge in [0.1, 0.15) is 0 Å². The number of allylic oxidation sites excluding steroid dienone is 2. The Bertz CT molecular complexity index is 1200. The van der Waals surface area contributed by atoms with Crippen LogP contribution in [-0.4, -0.2) is 46.2 Å². The zero-order valence-electron chi connectivity index (χ0n) is 20.9. The van der Waals surface area contributed by atoms with Gasteiger partial charge in [-0.25, -0.2) is 0 Å². The lowest BCUT2D eigenvalue weighted by molar-refractivity contribution is -0.136. The smallest absolute Gasteiger partial charge is 0.258 e. The van der Waals surface area contributed by atoms with Crippen molar-refractivity contribution in [2.24, 2.45) is 17.8 Å². The van der Waals surface area contributed by atoms with Gasteiger partial charge in [0.2, 0.25) is 5.91 Å². The molecule has 2 fully saturated rings. The minimum atomic E-state index is -0.389. The van der Waals surface area contributed by atoms with Gasteiger partial charge in [-0.1, -0.05) is 36.4 Å². The SMILES string of the molecule is O=C([C@@H]1N[C@@H]2c3ccc(C4=CCCCC4)c(=O)n3C[C@@H]2[C@H]1CO)N1CCC(Cc2ccccc2)CC1. The molecular formula is C30H37N3O3. The fourth-order valence-corrected chi connectivity index (χ4v) is 7.07. The third-order valence-electron chi connectivity index (χ3n) is 9.09. The summed E-state index contributed by atoms with van der Waals surface area (Å²) < 4.78 is 1.89. The molecule has 0 bridgehead atoms. The summed E-state index contributed by atoms with van der Waals surface area (Å²) in [6.45, 7) is 2.07. The predicted octanol–water partition coefficient (Wildman–Crippen LogP) is 3.54. The van der Waals surface area contributed by atoms with Gasteiger partial charge in [-0.2, -0.15) is 0 Å². The minimum Gasteiger partial charge on any atom is -0.396 e. The Hall–Kier alpha value is -2.70. The quantitative estimate of drug-likeness (QED) is 0.677. The van der Waals surface area contributed by atoms with Gasteiger partial charge >= 0.3 is 0 Å². The van der Waals surface area contributed by atoms with Crippen LogP contribution in [0.2, 0.25) is 0 Å². The molecule has 6 rings (SSSR count). The van der Waals surface area contributed by atoms with Crippen LogP contribution in [0.5, 0.6) is 0 Å². The fraction of sp³-hybridized carbons (Fsp3) is 0.533. The number of aliphatic hydroxyl groups is 1. The van der Waals surface area contributed by atoms with Crippen LogP contribution >= 0.6 is 0 Å². The highest BCUT2D eigenvalue weighted by Gasteiger charge is 2.51. The predicted molar refractivity (Wildman–Crippen MR) is 140 cm³/mol. The average molecular weight is 488 g/mol. The van der Waals surface area contributed by atoms with E-state index in [1.807, 2.05) is 21.6 Å². The van der Waals surface area contributed by atoms with Gasteiger partial charge in [0.15, 0.2) is 0 Å². The van der Waals surface area contributed by atoms with Crippen LogP contribution in [0.1, 0.15) is 61.4 Å². The number of likely N-dealkylation sites (tertiary alicyclic amines) is 1. The van der Waals surface area contributed by atoms with Crippen molar-refractivity contribution in [1.82, 2.24) is 14.8 Å². The number of carbonyl (C=O) groups excluding carboxylic acids is 1. The lowest BCUT2D eigenvalue weighted by Gasteiger charge is -2.35. The van der Waals surface area contributed by atoms with E-state index in [1.165, 1.54) is 17.6 Å². The van der Waals surface area contributed by atoms with E-state index >= 15 is 0 Å². The van der Waals surface area contributed by atoms with Crippen LogP contribution in [0, 0.1) is 17.8 Å². The second-order valence-electron chi connectivity index (χ2n) is 11.2.